The number of nitro benzene ring substituents is 1. The van der Waals surface area contributed by atoms with Crippen LogP contribution >= 0.6 is 15.9 Å². The van der Waals surface area contributed by atoms with E-state index in [-0.39, 0.29) is 23.4 Å². The minimum absolute atomic E-state index is 0.00468. The van der Waals surface area contributed by atoms with Crippen LogP contribution in [0, 0.1) is 10.1 Å². The van der Waals surface area contributed by atoms with Gasteiger partial charge in [0.1, 0.15) is 0 Å². The first kappa shape index (κ1) is 16.8. The first-order chi connectivity index (χ1) is 9.19. The third kappa shape index (κ3) is 2.90. The van der Waals surface area contributed by atoms with Gasteiger partial charge in [-0.2, -0.15) is 0 Å². The summed E-state index contributed by atoms with van der Waals surface area (Å²) in [4.78, 5) is 22.5. The number of halogens is 1. The van der Waals surface area contributed by atoms with Gasteiger partial charge in [0.05, 0.1) is 4.92 Å². The van der Waals surface area contributed by atoms with E-state index in [1.807, 2.05) is 0 Å². The monoisotopic (exact) mass is 363 g/mol. The molecular formula is C12H14BrNO5S. The van der Waals surface area contributed by atoms with E-state index in [2.05, 4.69) is 15.9 Å². The number of benzene rings is 1. The number of hydrogen-bond acceptors (Lipinski definition) is 5. The van der Waals surface area contributed by atoms with Gasteiger partial charge >= 0.3 is 0 Å². The summed E-state index contributed by atoms with van der Waals surface area (Å²) < 4.78 is 22.4. The Bertz CT molecular complexity index is 643. The highest BCUT2D eigenvalue weighted by Gasteiger charge is 2.46. The second kappa shape index (κ2) is 6.01. The number of Topliss-reactive ketones (excluding diaryl/α,β-unsaturated/α-hetero) is 1. The SMILES string of the molecule is CC[C@](Br)(C(=O)c1cccc([N+](=O)[O-])c1)S(=O)(=O)CC. The van der Waals surface area contributed by atoms with Gasteiger partial charge in [-0.25, -0.2) is 8.42 Å². The van der Waals surface area contributed by atoms with Crippen LogP contribution in [0.3, 0.4) is 0 Å². The average molecular weight is 364 g/mol. The van der Waals surface area contributed by atoms with E-state index in [1.54, 1.807) is 6.92 Å². The number of alkyl halides is 1. The summed E-state index contributed by atoms with van der Waals surface area (Å²) in [5, 5.41) is 10.7. The van der Waals surface area contributed by atoms with Crippen molar-refractivity contribution in [3.8, 4) is 0 Å². The first-order valence-corrected chi connectivity index (χ1v) is 8.34. The first-order valence-electron chi connectivity index (χ1n) is 5.90. The van der Waals surface area contributed by atoms with Crippen molar-refractivity contribution in [1.82, 2.24) is 0 Å². The zero-order valence-electron chi connectivity index (χ0n) is 11.0. The standard InChI is InChI=1S/C12H14BrNO5S/c1-3-12(13,20(18,19)4-2)11(15)9-6-5-7-10(8-9)14(16)17/h5-8H,3-4H2,1-2H3/t12-/m1/s1. The van der Waals surface area contributed by atoms with Crippen LogP contribution in [0.4, 0.5) is 5.69 Å². The molecule has 0 spiro atoms. The van der Waals surface area contributed by atoms with Crippen LogP contribution in [0.15, 0.2) is 24.3 Å². The van der Waals surface area contributed by atoms with Gasteiger partial charge in [0.15, 0.2) is 19.3 Å². The molecule has 0 unspecified atom stereocenters. The number of sulfone groups is 1. The molecule has 0 amide bonds. The zero-order valence-corrected chi connectivity index (χ0v) is 13.4. The Kier molecular flexibility index (Phi) is 5.04. The summed E-state index contributed by atoms with van der Waals surface area (Å²) in [7, 11) is -3.69. The molecule has 0 bridgehead atoms. The van der Waals surface area contributed by atoms with Crippen molar-refractivity contribution >= 4 is 37.2 Å². The lowest BCUT2D eigenvalue weighted by atomic mass is 10.1. The fraction of sp³-hybridized carbons (Fsp3) is 0.417. The molecule has 0 N–H and O–H groups in total. The molecule has 1 aromatic carbocycles. The zero-order chi connectivity index (χ0) is 15.6. The molecule has 0 aliphatic carbocycles. The molecule has 0 radical (unpaired) electrons. The van der Waals surface area contributed by atoms with Gasteiger partial charge < -0.3 is 0 Å². The summed E-state index contributed by atoms with van der Waals surface area (Å²) in [6.45, 7) is 3.01. The van der Waals surface area contributed by atoms with Gasteiger partial charge in [-0.3, -0.25) is 14.9 Å². The van der Waals surface area contributed by atoms with Crippen molar-refractivity contribution in [1.29, 1.82) is 0 Å². The van der Waals surface area contributed by atoms with Crippen molar-refractivity contribution in [2.45, 2.75) is 23.9 Å². The molecule has 0 aliphatic rings. The molecule has 6 nitrogen and oxygen atoms in total. The van der Waals surface area contributed by atoms with Crippen molar-refractivity contribution in [2.24, 2.45) is 0 Å². The molecule has 1 aromatic rings. The minimum Gasteiger partial charge on any atom is -0.291 e. The lowest BCUT2D eigenvalue weighted by Crippen LogP contribution is -2.41. The highest BCUT2D eigenvalue weighted by Crippen LogP contribution is 2.34. The van der Waals surface area contributed by atoms with Gasteiger partial charge in [-0.15, -0.1) is 0 Å². The number of non-ortho nitro benzene ring substituents is 1. The maximum Gasteiger partial charge on any atom is 0.270 e. The van der Waals surface area contributed by atoms with Crippen LogP contribution in [0.5, 0.6) is 0 Å². The number of hydrogen-bond donors (Lipinski definition) is 0. The van der Waals surface area contributed by atoms with E-state index in [1.165, 1.54) is 25.1 Å². The van der Waals surface area contributed by atoms with Crippen molar-refractivity contribution in [2.75, 3.05) is 5.75 Å². The second-order valence-corrected chi connectivity index (χ2v) is 8.50. The third-order valence-corrected chi connectivity index (χ3v) is 7.61. The van der Waals surface area contributed by atoms with E-state index < -0.39 is 24.2 Å². The van der Waals surface area contributed by atoms with E-state index in [0.29, 0.717) is 0 Å². The Labute approximate surface area is 125 Å². The lowest BCUT2D eigenvalue weighted by Gasteiger charge is -2.23. The molecule has 0 aromatic heterocycles. The van der Waals surface area contributed by atoms with Crippen molar-refractivity contribution < 1.29 is 18.1 Å². The van der Waals surface area contributed by atoms with E-state index in [0.717, 1.165) is 6.07 Å². The van der Waals surface area contributed by atoms with E-state index in [4.69, 9.17) is 0 Å². The van der Waals surface area contributed by atoms with Crippen molar-refractivity contribution in [3.05, 3.63) is 39.9 Å². The summed E-state index contributed by atoms with van der Waals surface area (Å²) >= 11 is 3.02. The van der Waals surface area contributed by atoms with Gasteiger partial charge in [0.25, 0.3) is 5.69 Å². The van der Waals surface area contributed by atoms with E-state index >= 15 is 0 Å². The maximum absolute atomic E-state index is 12.4. The molecule has 20 heavy (non-hydrogen) atoms. The second-order valence-electron chi connectivity index (χ2n) is 4.12. The Morgan fingerprint density at radius 1 is 1.40 bits per heavy atom. The molecular weight excluding hydrogens is 350 g/mol. The summed E-state index contributed by atoms with van der Waals surface area (Å²) in [6, 6.07) is 5.05. The number of nitrogens with zero attached hydrogens (tertiary/aromatic N) is 1. The molecule has 8 heteroatoms. The van der Waals surface area contributed by atoms with Crippen LogP contribution in [0.1, 0.15) is 30.6 Å². The van der Waals surface area contributed by atoms with Crippen LogP contribution in [0.2, 0.25) is 0 Å². The highest BCUT2D eigenvalue weighted by atomic mass is 79.9. The summed E-state index contributed by atoms with van der Waals surface area (Å²) in [5.74, 6) is -0.891. The van der Waals surface area contributed by atoms with E-state index in [9.17, 15) is 23.3 Å². The molecule has 0 aliphatic heterocycles. The predicted octanol–water partition coefficient (Wildman–Crippen LogP) is 2.71. The fourth-order valence-electron chi connectivity index (χ4n) is 1.73. The predicted molar refractivity (Wildman–Crippen MR) is 78.8 cm³/mol. The van der Waals surface area contributed by atoms with Gasteiger partial charge in [-0.05, 0) is 6.42 Å². The third-order valence-electron chi connectivity index (χ3n) is 2.99. The topological polar surface area (TPSA) is 94.3 Å². The molecule has 0 saturated carbocycles. The quantitative estimate of drug-likeness (QED) is 0.335. The summed E-state index contributed by atoms with van der Waals surface area (Å²) in [5.41, 5.74) is -0.259. The summed E-state index contributed by atoms with van der Waals surface area (Å²) in [6.07, 6.45) is 0.0324. The van der Waals surface area contributed by atoms with Crippen LogP contribution in [-0.2, 0) is 9.84 Å². The smallest absolute Gasteiger partial charge is 0.270 e. The molecule has 1 rings (SSSR count). The number of rotatable bonds is 6. The van der Waals surface area contributed by atoms with Gasteiger partial charge in [-0.1, -0.05) is 41.9 Å². The number of nitro groups is 1. The largest absolute Gasteiger partial charge is 0.291 e. The molecule has 110 valence electrons. The normalized spacial score (nSPS) is 14.6. The van der Waals surface area contributed by atoms with Crippen LogP contribution < -0.4 is 0 Å². The average Bonchev–Trinajstić information content (AvgIpc) is 2.45. The Morgan fingerprint density at radius 3 is 2.45 bits per heavy atom. The highest BCUT2D eigenvalue weighted by molar-refractivity contribution is 9.12. The molecule has 0 fully saturated rings. The molecule has 0 heterocycles. The Morgan fingerprint density at radius 2 is 2.00 bits per heavy atom. The minimum atomic E-state index is -3.69. The van der Waals surface area contributed by atoms with Gasteiger partial charge in [0.2, 0.25) is 0 Å². The van der Waals surface area contributed by atoms with Crippen LogP contribution in [0.25, 0.3) is 0 Å². The number of ketones is 1. The number of carbonyl (C=O) groups is 1. The lowest BCUT2D eigenvalue weighted by molar-refractivity contribution is -0.384. The Balaban J connectivity index is 3.36. The molecule has 0 saturated heterocycles. The molecule has 1 atom stereocenters. The number of carbonyl (C=O) groups excluding carboxylic acids is 1. The maximum atomic E-state index is 12.4. The Hall–Kier alpha value is -1.28. The van der Waals surface area contributed by atoms with Crippen molar-refractivity contribution in [3.63, 3.8) is 0 Å². The fourth-order valence-corrected chi connectivity index (χ4v) is 3.94. The van der Waals surface area contributed by atoms with Crippen LogP contribution in [-0.4, -0.2) is 28.5 Å². The van der Waals surface area contributed by atoms with Gasteiger partial charge in [0, 0.05) is 23.4 Å².